The Morgan fingerprint density at radius 2 is 2.00 bits per heavy atom. The first-order valence-corrected chi connectivity index (χ1v) is 8.11. The van der Waals surface area contributed by atoms with E-state index in [-0.39, 0.29) is 16.3 Å². The topological polar surface area (TPSA) is 73.1 Å². The number of halogens is 3. The number of benzene rings is 2. The highest BCUT2D eigenvalue weighted by atomic mass is 127. The smallest absolute Gasteiger partial charge is 0.266 e. The Balaban J connectivity index is 2.26. The number of carbonyl (C=O) groups is 1. The third kappa shape index (κ3) is 4.61. The predicted octanol–water partition coefficient (Wildman–Crippen LogP) is 4.85. The number of hydrogen-bond acceptors (Lipinski definition) is 3. The van der Waals surface area contributed by atoms with Gasteiger partial charge in [-0.1, -0.05) is 29.3 Å². The molecular formula is C16H9Cl2IN2O2. The first-order valence-electron chi connectivity index (χ1n) is 6.27. The van der Waals surface area contributed by atoms with E-state index in [0.717, 1.165) is 0 Å². The zero-order valence-electron chi connectivity index (χ0n) is 11.5. The summed E-state index contributed by atoms with van der Waals surface area (Å²) in [7, 11) is 0. The van der Waals surface area contributed by atoms with Crippen LogP contribution in [0.5, 0.6) is 5.75 Å². The molecule has 0 saturated heterocycles. The Bertz CT molecular complexity index is 844. The minimum Gasteiger partial charge on any atom is -0.507 e. The number of phenolic OH excluding ortho intramolecular Hbond substituents is 1. The summed E-state index contributed by atoms with van der Waals surface area (Å²) in [6.45, 7) is 0. The molecular weight excluding hydrogens is 450 g/mol. The van der Waals surface area contributed by atoms with Gasteiger partial charge in [0.15, 0.2) is 0 Å². The summed E-state index contributed by atoms with van der Waals surface area (Å²) in [6, 6.07) is 11.3. The summed E-state index contributed by atoms with van der Waals surface area (Å²) in [5.41, 5.74) is 0.904. The lowest BCUT2D eigenvalue weighted by atomic mass is 10.1. The average molecular weight is 459 g/mol. The van der Waals surface area contributed by atoms with Gasteiger partial charge in [-0.05, 0) is 64.6 Å². The molecule has 2 rings (SSSR count). The van der Waals surface area contributed by atoms with Crippen LogP contribution in [0.1, 0.15) is 5.56 Å². The maximum absolute atomic E-state index is 12.2. The third-order valence-electron chi connectivity index (χ3n) is 2.83. The minimum absolute atomic E-state index is 0.0856. The molecule has 4 nitrogen and oxygen atoms in total. The Labute approximate surface area is 156 Å². The fourth-order valence-corrected chi connectivity index (χ4v) is 2.70. The van der Waals surface area contributed by atoms with Crippen molar-refractivity contribution in [1.29, 1.82) is 5.26 Å². The summed E-state index contributed by atoms with van der Waals surface area (Å²) in [5.74, 6) is -0.446. The van der Waals surface area contributed by atoms with E-state index < -0.39 is 5.91 Å². The molecule has 0 bridgehead atoms. The summed E-state index contributed by atoms with van der Waals surface area (Å²) >= 11 is 13.7. The summed E-state index contributed by atoms with van der Waals surface area (Å²) in [6.07, 6.45) is 1.43. The van der Waals surface area contributed by atoms with Gasteiger partial charge in [0, 0.05) is 5.02 Å². The number of hydrogen-bond donors (Lipinski definition) is 2. The molecule has 0 spiro atoms. The SMILES string of the molecule is N#C/C(=C/c1ccc(O)c(I)c1)C(=O)Nc1ccc(Cl)cc1Cl. The number of aromatic hydroxyl groups is 1. The first kappa shape index (κ1) is 17.6. The number of anilines is 1. The van der Waals surface area contributed by atoms with Crippen LogP contribution in [0, 0.1) is 14.9 Å². The van der Waals surface area contributed by atoms with E-state index >= 15 is 0 Å². The second kappa shape index (κ2) is 7.68. The van der Waals surface area contributed by atoms with Crippen molar-refractivity contribution in [2.24, 2.45) is 0 Å². The van der Waals surface area contributed by atoms with E-state index in [1.165, 1.54) is 18.2 Å². The number of nitrogens with one attached hydrogen (secondary N) is 1. The Morgan fingerprint density at radius 3 is 2.61 bits per heavy atom. The van der Waals surface area contributed by atoms with Crippen molar-refractivity contribution >= 4 is 63.5 Å². The van der Waals surface area contributed by atoms with Crippen LogP contribution in [0.2, 0.25) is 10.0 Å². The average Bonchev–Trinajstić information content (AvgIpc) is 2.51. The van der Waals surface area contributed by atoms with Gasteiger partial charge < -0.3 is 10.4 Å². The molecule has 7 heteroatoms. The molecule has 116 valence electrons. The standard InChI is InChI=1S/C16H9Cl2IN2O2/c17-11-2-3-14(12(18)7-11)21-16(23)10(8-20)5-9-1-4-15(22)13(19)6-9/h1-7,22H,(H,21,23)/b10-5-. The fourth-order valence-electron chi connectivity index (χ4n) is 1.71. The van der Waals surface area contributed by atoms with Gasteiger partial charge >= 0.3 is 0 Å². The molecule has 0 aromatic heterocycles. The molecule has 0 aliphatic heterocycles. The number of amides is 1. The summed E-state index contributed by atoms with van der Waals surface area (Å²) in [4.78, 5) is 12.2. The van der Waals surface area contributed by atoms with Crippen LogP contribution in [0.25, 0.3) is 6.08 Å². The second-order valence-corrected chi connectivity index (χ2v) is 6.46. The monoisotopic (exact) mass is 458 g/mol. The van der Waals surface area contributed by atoms with Crippen molar-refractivity contribution in [3.8, 4) is 11.8 Å². The van der Waals surface area contributed by atoms with Gasteiger partial charge in [-0.15, -0.1) is 0 Å². The van der Waals surface area contributed by atoms with Gasteiger partial charge in [0.2, 0.25) is 0 Å². The van der Waals surface area contributed by atoms with E-state index in [9.17, 15) is 15.2 Å². The largest absolute Gasteiger partial charge is 0.507 e. The van der Waals surface area contributed by atoms with Gasteiger partial charge in [-0.2, -0.15) is 5.26 Å². The molecule has 23 heavy (non-hydrogen) atoms. The lowest BCUT2D eigenvalue weighted by Gasteiger charge is -2.07. The molecule has 0 radical (unpaired) electrons. The Hall–Kier alpha value is -1.75. The predicted molar refractivity (Wildman–Crippen MR) is 99.5 cm³/mol. The molecule has 0 heterocycles. The molecule has 0 aliphatic carbocycles. The van der Waals surface area contributed by atoms with Crippen molar-refractivity contribution in [3.05, 3.63) is 61.2 Å². The van der Waals surface area contributed by atoms with Crippen LogP contribution in [0.3, 0.4) is 0 Å². The molecule has 0 unspecified atom stereocenters. The van der Waals surface area contributed by atoms with E-state index in [0.29, 0.717) is 19.8 Å². The molecule has 2 aromatic rings. The minimum atomic E-state index is -0.584. The van der Waals surface area contributed by atoms with E-state index in [1.807, 2.05) is 28.7 Å². The highest BCUT2D eigenvalue weighted by molar-refractivity contribution is 14.1. The van der Waals surface area contributed by atoms with Crippen molar-refractivity contribution in [2.45, 2.75) is 0 Å². The van der Waals surface area contributed by atoms with Gasteiger partial charge in [-0.3, -0.25) is 4.79 Å². The number of phenols is 1. The summed E-state index contributed by atoms with van der Waals surface area (Å²) in [5, 5.41) is 22.0. The van der Waals surface area contributed by atoms with Crippen LogP contribution >= 0.6 is 45.8 Å². The maximum atomic E-state index is 12.2. The van der Waals surface area contributed by atoms with E-state index in [2.05, 4.69) is 5.32 Å². The first-order chi connectivity index (χ1) is 10.9. The normalized spacial score (nSPS) is 11.0. The molecule has 2 aromatic carbocycles. The van der Waals surface area contributed by atoms with Crippen LogP contribution in [0.4, 0.5) is 5.69 Å². The zero-order chi connectivity index (χ0) is 17.0. The van der Waals surface area contributed by atoms with E-state index in [4.69, 9.17) is 23.2 Å². The van der Waals surface area contributed by atoms with Crippen LogP contribution in [-0.4, -0.2) is 11.0 Å². The van der Waals surface area contributed by atoms with Gasteiger partial charge in [-0.25, -0.2) is 0 Å². The highest BCUT2D eigenvalue weighted by Crippen LogP contribution is 2.26. The molecule has 0 aliphatic rings. The number of nitrogens with zero attached hydrogens (tertiary/aromatic N) is 1. The fraction of sp³-hybridized carbons (Fsp3) is 0. The van der Waals surface area contributed by atoms with Gasteiger partial charge in [0.1, 0.15) is 17.4 Å². The van der Waals surface area contributed by atoms with Crippen molar-refractivity contribution in [3.63, 3.8) is 0 Å². The number of nitriles is 1. The molecule has 1 amide bonds. The zero-order valence-corrected chi connectivity index (χ0v) is 15.1. The summed E-state index contributed by atoms with van der Waals surface area (Å²) < 4.78 is 0.620. The molecule has 0 saturated carbocycles. The van der Waals surface area contributed by atoms with Gasteiger partial charge in [0.25, 0.3) is 5.91 Å². The van der Waals surface area contributed by atoms with Crippen LogP contribution < -0.4 is 5.32 Å². The lowest BCUT2D eigenvalue weighted by molar-refractivity contribution is -0.112. The van der Waals surface area contributed by atoms with Crippen molar-refractivity contribution in [1.82, 2.24) is 0 Å². The maximum Gasteiger partial charge on any atom is 0.266 e. The van der Waals surface area contributed by atoms with Crippen molar-refractivity contribution in [2.75, 3.05) is 5.32 Å². The van der Waals surface area contributed by atoms with Crippen molar-refractivity contribution < 1.29 is 9.90 Å². The Morgan fingerprint density at radius 1 is 1.26 bits per heavy atom. The van der Waals surface area contributed by atoms with Crippen LogP contribution in [-0.2, 0) is 4.79 Å². The quantitative estimate of drug-likeness (QED) is 0.392. The van der Waals surface area contributed by atoms with Crippen LogP contribution in [0.15, 0.2) is 42.0 Å². The molecule has 2 N–H and O–H groups in total. The van der Waals surface area contributed by atoms with E-state index in [1.54, 1.807) is 24.3 Å². The highest BCUT2D eigenvalue weighted by Gasteiger charge is 2.12. The molecule has 0 fully saturated rings. The number of carbonyl (C=O) groups excluding carboxylic acids is 1. The second-order valence-electron chi connectivity index (χ2n) is 4.46. The Kier molecular flexibility index (Phi) is 5.88. The molecule has 0 atom stereocenters. The third-order valence-corrected chi connectivity index (χ3v) is 4.24. The van der Waals surface area contributed by atoms with Gasteiger partial charge in [0.05, 0.1) is 14.3 Å². The number of rotatable bonds is 3. The lowest BCUT2D eigenvalue weighted by Crippen LogP contribution is -2.13.